The molecule has 130 valence electrons. The molecule has 2 aromatic carbocycles. The number of carbonyl (C=O) groups is 2. The Hall–Kier alpha value is -2.73. The van der Waals surface area contributed by atoms with Crippen LogP contribution >= 0.6 is 11.6 Å². The van der Waals surface area contributed by atoms with E-state index < -0.39 is 5.91 Å². The van der Waals surface area contributed by atoms with E-state index in [1.54, 1.807) is 37.3 Å². The van der Waals surface area contributed by atoms with Crippen molar-refractivity contribution in [2.45, 2.75) is 19.9 Å². The van der Waals surface area contributed by atoms with Crippen molar-refractivity contribution in [1.82, 2.24) is 5.32 Å². The third-order valence-corrected chi connectivity index (χ3v) is 4.20. The van der Waals surface area contributed by atoms with Gasteiger partial charge >= 0.3 is 0 Å². The van der Waals surface area contributed by atoms with Gasteiger partial charge in [-0.15, -0.1) is 0 Å². The van der Waals surface area contributed by atoms with Crippen LogP contribution in [0.5, 0.6) is 11.5 Å². The zero-order valence-corrected chi connectivity index (χ0v) is 14.4. The molecular formula is C18H17ClN2O4. The van der Waals surface area contributed by atoms with E-state index in [2.05, 4.69) is 10.6 Å². The number of hydrogen-bond acceptors (Lipinski definition) is 4. The minimum absolute atomic E-state index is 0.203. The highest BCUT2D eigenvalue weighted by molar-refractivity contribution is 6.31. The highest BCUT2D eigenvalue weighted by Gasteiger charge is 2.14. The number of carbonyl (C=O) groups excluding carboxylic acids is 2. The molecule has 0 radical (unpaired) electrons. The van der Waals surface area contributed by atoms with E-state index in [9.17, 15) is 9.59 Å². The van der Waals surface area contributed by atoms with Crippen LogP contribution in [0.15, 0.2) is 36.4 Å². The number of rotatable bonds is 5. The SMILES string of the molecule is Cc1c(Cl)cccc1NC(=O)CC(=O)NCc1ccc2c(c1)OCO2. The van der Waals surface area contributed by atoms with Crippen LogP contribution in [0, 0.1) is 6.92 Å². The third-order valence-electron chi connectivity index (χ3n) is 3.79. The number of halogens is 1. The van der Waals surface area contributed by atoms with Crippen LogP contribution in [-0.2, 0) is 16.1 Å². The Kier molecular flexibility index (Phi) is 5.09. The highest BCUT2D eigenvalue weighted by Crippen LogP contribution is 2.32. The van der Waals surface area contributed by atoms with Gasteiger partial charge < -0.3 is 20.1 Å². The summed E-state index contributed by atoms with van der Waals surface area (Å²) in [4.78, 5) is 23.9. The van der Waals surface area contributed by atoms with Crippen LogP contribution in [0.2, 0.25) is 5.02 Å². The van der Waals surface area contributed by atoms with Crippen LogP contribution < -0.4 is 20.1 Å². The van der Waals surface area contributed by atoms with Crippen molar-refractivity contribution in [2.24, 2.45) is 0 Å². The van der Waals surface area contributed by atoms with Gasteiger partial charge in [0.25, 0.3) is 0 Å². The molecule has 7 heteroatoms. The molecule has 0 fully saturated rings. The van der Waals surface area contributed by atoms with Gasteiger partial charge in [-0.2, -0.15) is 0 Å². The maximum absolute atomic E-state index is 12.0. The molecule has 0 aromatic heterocycles. The highest BCUT2D eigenvalue weighted by atomic mass is 35.5. The van der Waals surface area contributed by atoms with E-state index in [0.29, 0.717) is 28.8 Å². The molecule has 0 saturated carbocycles. The lowest BCUT2D eigenvalue weighted by atomic mass is 10.2. The molecule has 1 heterocycles. The maximum atomic E-state index is 12.0. The Bertz CT molecular complexity index is 823. The first kappa shape index (κ1) is 17.1. The van der Waals surface area contributed by atoms with Crippen molar-refractivity contribution in [2.75, 3.05) is 12.1 Å². The Morgan fingerprint density at radius 1 is 1.12 bits per heavy atom. The molecule has 1 aliphatic heterocycles. The van der Waals surface area contributed by atoms with E-state index >= 15 is 0 Å². The van der Waals surface area contributed by atoms with Crippen LogP contribution in [0.4, 0.5) is 5.69 Å². The summed E-state index contributed by atoms with van der Waals surface area (Å²) in [6, 6.07) is 10.7. The lowest BCUT2D eigenvalue weighted by Crippen LogP contribution is -2.27. The van der Waals surface area contributed by atoms with Crippen molar-refractivity contribution >= 4 is 29.1 Å². The second kappa shape index (κ2) is 7.44. The molecule has 2 N–H and O–H groups in total. The van der Waals surface area contributed by atoms with Gasteiger partial charge in [-0.25, -0.2) is 0 Å². The van der Waals surface area contributed by atoms with Gasteiger partial charge in [0.1, 0.15) is 6.42 Å². The molecular weight excluding hydrogens is 344 g/mol. The summed E-state index contributed by atoms with van der Waals surface area (Å²) in [7, 11) is 0. The number of ether oxygens (including phenoxy) is 2. The van der Waals surface area contributed by atoms with E-state index in [4.69, 9.17) is 21.1 Å². The van der Waals surface area contributed by atoms with E-state index in [-0.39, 0.29) is 19.1 Å². The normalized spacial score (nSPS) is 11.9. The van der Waals surface area contributed by atoms with Crippen LogP contribution in [0.3, 0.4) is 0 Å². The fraction of sp³-hybridized carbons (Fsp3) is 0.222. The van der Waals surface area contributed by atoms with Gasteiger partial charge in [0, 0.05) is 17.3 Å². The predicted octanol–water partition coefficient (Wildman–Crippen LogP) is 3.02. The molecule has 0 atom stereocenters. The van der Waals surface area contributed by atoms with Crippen molar-refractivity contribution in [3.05, 3.63) is 52.5 Å². The number of nitrogens with one attached hydrogen (secondary N) is 2. The summed E-state index contributed by atoms with van der Waals surface area (Å²) < 4.78 is 10.5. The molecule has 1 aliphatic rings. The second-order valence-electron chi connectivity index (χ2n) is 5.60. The first-order valence-corrected chi connectivity index (χ1v) is 8.11. The molecule has 0 unspecified atom stereocenters. The number of anilines is 1. The van der Waals surface area contributed by atoms with E-state index in [1.807, 2.05) is 6.07 Å². The predicted molar refractivity (Wildman–Crippen MR) is 93.8 cm³/mol. The standard InChI is InChI=1S/C18H17ClN2O4/c1-11-13(19)3-2-4-14(11)21-18(23)8-17(22)20-9-12-5-6-15-16(7-12)25-10-24-15/h2-7H,8-10H2,1H3,(H,20,22)(H,21,23). The summed E-state index contributed by atoms with van der Waals surface area (Å²) in [5.74, 6) is 0.579. The third kappa shape index (κ3) is 4.22. The topological polar surface area (TPSA) is 76.7 Å². The van der Waals surface area contributed by atoms with Gasteiger partial charge in [-0.1, -0.05) is 23.7 Å². The zero-order valence-electron chi connectivity index (χ0n) is 13.6. The van der Waals surface area contributed by atoms with Crippen molar-refractivity contribution in [3.63, 3.8) is 0 Å². The number of amides is 2. The van der Waals surface area contributed by atoms with E-state index in [0.717, 1.165) is 11.1 Å². The van der Waals surface area contributed by atoms with Crippen LogP contribution in [-0.4, -0.2) is 18.6 Å². The quantitative estimate of drug-likeness (QED) is 0.803. The lowest BCUT2D eigenvalue weighted by molar-refractivity contribution is -0.126. The summed E-state index contributed by atoms with van der Waals surface area (Å²) in [5.41, 5.74) is 2.23. The van der Waals surface area contributed by atoms with Gasteiger partial charge in [-0.3, -0.25) is 9.59 Å². The Balaban J connectivity index is 1.50. The van der Waals surface area contributed by atoms with E-state index in [1.165, 1.54) is 0 Å². The van der Waals surface area contributed by atoms with Crippen molar-refractivity contribution < 1.29 is 19.1 Å². The Morgan fingerprint density at radius 2 is 1.92 bits per heavy atom. The van der Waals surface area contributed by atoms with Gasteiger partial charge in [0.15, 0.2) is 11.5 Å². The number of benzene rings is 2. The molecule has 25 heavy (non-hydrogen) atoms. The van der Waals surface area contributed by atoms with Gasteiger partial charge in [0.2, 0.25) is 18.6 Å². The summed E-state index contributed by atoms with van der Waals surface area (Å²) in [6.45, 7) is 2.31. The fourth-order valence-electron chi connectivity index (χ4n) is 2.40. The van der Waals surface area contributed by atoms with Crippen LogP contribution in [0.1, 0.15) is 17.5 Å². The minimum Gasteiger partial charge on any atom is -0.454 e. The largest absolute Gasteiger partial charge is 0.454 e. The maximum Gasteiger partial charge on any atom is 0.233 e. The fourth-order valence-corrected chi connectivity index (χ4v) is 2.57. The van der Waals surface area contributed by atoms with Crippen molar-refractivity contribution in [3.8, 4) is 11.5 Å². The van der Waals surface area contributed by atoms with Crippen LogP contribution in [0.25, 0.3) is 0 Å². The molecule has 0 saturated heterocycles. The first-order chi connectivity index (χ1) is 12.0. The van der Waals surface area contributed by atoms with Gasteiger partial charge in [-0.05, 0) is 42.3 Å². The first-order valence-electron chi connectivity index (χ1n) is 7.73. The summed E-state index contributed by atoms with van der Waals surface area (Å²) >= 11 is 6.01. The van der Waals surface area contributed by atoms with Crippen molar-refractivity contribution in [1.29, 1.82) is 0 Å². The summed E-state index contributed by atoms with van der Waals surface area (Å²) in [6.07, 6.45) is -0.267. The van der Waals surface area contributed by atoms with Gasteiger partial charge in [0.05, 0.1) is 0 Å². The number of hydrogen-bond donors (Lipinski definition) is 2. The lowest BCUT2D eigenvalue weighted by Gasteiger charge is -2.10. The molecule has 0 spiro atoms. The zero-order chi connectivity index (χ0) is 17.8. The molecule has 2 amide bonds. The molecule has 0 bridgehead atoms. The second-order valence-corrected chi connectivity index (χ2v) is 6.01. The minimum atomic E-state index is -0.395. The molecule has 2 aromatic rings. The monoisotopic (exact) mass is 360 g/mol. The Labute approximate surface area is 150 Å². The number of fused-ring (bicyclic) bond motifs is 1. The Morgan fingerprint density at radius 3 is 2.76 bits per heavy atom. The average Bonchev–Trinajstić information content (AvgIpc) is 3.05. The summed E-state index contributed by atoms with van der Waals surface area (Å²) in [5, 5.41) is 5.96. The molecule has 3 rings (SSSR count). The smallest absolute Gasteiger partial charge is 0.233 e. The molecule has 6 nitrogen and oxygen atoms in total. The average molecular weight is 361 g/mol. The molecule has 0 aliphatic carbocycles.